The summed E-state index contributed by atoms with van der Waals surface area (Å²) in [4.78, 5) is 27.7. The zero-order valence-electron chi connectivity index (χ0n) is 16.3. The van der Waals surface area contributed by atoms with E-state index in [9.17, 15) is 9.59 Å². The molecule has 0 aromatic heterocycles. The summed E-state index contributed by atoms with van der Waals surface area (Å²) in [6.45, 7) is 16.6. The van der Waals surface area contributed by atoms with Crippen molar-refractivity contribution in [3.63, 3.8) is 0 Å². The quantitative estimate of drug-likeness (QED) is 0.128. The van der Waals surface area contributed by atoms with Crippen molar-refractivity contribution in [2.75, 3.05) is 11.0 Å². The van der Waals surface area contributed by atoms with Crippen LogP contribution in [-0.4, -0.2) is 47.6 Å². The minimum atomic E-state index is -1.97. The predicted octanol–water partition coefficient (Wildman–Crippen LogP) is 4.30. The smallest absolute Gasteiger partial charge is 0.356 e. The van der Waals surface area contributed by atoms with Crippen LogP contribution in [0.25, 0.3) is 0 Å². The monoisotopic (exact) mass is 509 g/mol. The number of ether oxygens (including phenoxy) is 1. The molecule has 0 N–H and O–H groups in total. The number of halogens is 1. The minimum Gasteiger partial charge on any atom is -0.457 e. The Bertz CT molecular complexity index is 644. The minimum absolute atomic E-state index is 0.0425. The number of hydrogen-bond acceptors (Lipinski definition) is 5. The lowest BCUT2D eigenvalue weighted by molar-refractivity contribution is -0.157. The molecule has 2 heterocycles. The third-order valence-electron chi connectivity index (χ3n) is 5.29. The maximum absolute atomic E-state index is 12.9. The molecule has 0 unspecified atom stereocenters. The molecule has 146 valence electrons. The molecule has 0 saturated carbocycles. The van der Waals surface area contributed by atoms with E-state index in [1.807, 2.05) is 6.92 Å². The van der Waals surface area contributed by atoms with E-state index in [-0.39, 0.29) is 34.9 Å². The van der Waals surface area contributed by atoms with Crippen LogP contribution in [0.2, 0.25) is 18.1 Å². The molecule has 1 fully saturated rings. The van der Waals surface area contributed by atoms with Gasteiger partial charge >= 0.3 is 5.97 Å². The van der Waals surface area contributed by atoms with E-state index in [0.29, 0.717) is 10.1 Å². The first-order valence-corrected chi connectivity index (χ1v) is 14.0. The Morgan fingerprint density at radius 2 is 2.08 bits per heavy atom. The van der Waals surface area contributed by atoms with Gasteiger partial charge in [-0.25, -0.2) is 4.79 Å². The summed E-state index contributed by atoms with van der Waals surface area (Å²) in [5, 5.41) is 0.0141. The lowest BCUT2D eigenvalue weighted by atomic mass is 9.92. The summed E-state index contributed by atoms with van der Waals surface area (Å²) in [7, 11) is -1.97. The normalized spacial score (nSPS) is 24.3. The highest BCUT2D eigenvalue weighted by molar-refractivity contribution is 14.1. The standard InChI is InChI=1S/C18H28INO4SSi/c1-8-9-23-17(22)14-12(10-19)25-16-13(15(21)20(14)16)11(2)24-26(6,7)18(3,4)5/h8,11,13,16H,1,9-10H2,2-7H3/t11-,13+,16-/m1/s1. The van der Waals surface area contributed by atoms with Crippen molar-refractivity contribution in [3.05, 3.63) is 23.3 Å². The SMILES string of the molecule is C=CCOC(=O)C1=C(CI)S[C@@H]2[C@@H]([C@@H](C)O[Si](C)(C)C(C)(C)C)C(=O)N12. The molecular formula is C18H28INO4SSi. The van der Waals surface area contributed by atoms with Crippen LogP contribution in [0.1, 0.15) is 27.7 Å². The highest BCUT2D eigenvalue weighted by Gasteiger charge is 2.58. The van der Waals surface area contributed by atoms with Gasteiger partial charge in [0.05, 0.1) is 12.0 Å². The second-order valence-corrected chi connectivity index (χ2v) is 14.8. The lowest BCUT2D eigenvalue weighted by Gasteiger charge is -2.48. The molecule has 3 atom stereocenters. The van der Waals surface area contributed by atoms with Crippen molar-refractivity contribution < 1.29 is 18.8 Å². The molecule has 0 radical (unpaired) electrons. The number of esters is 1. The van der Waals surface area contributed by atoms with Crippen LogP contribution in [0.5, 0.6) is 0 Å². The van der Waals surface area contributed by atoms with Crippen LogP contribution in [0.4, 0.5) is 0 Å². The largest absolute Gasteiger partial charge is 0.457 e. The van der Waals surface area contributed by atoms with Gasteiger partial charge in [-0.15, -0.1) is 11.8 Å². The molecule has 26 heavy (non-hydrogen) atoms. The van der Waals surface area contributed by atoms with Crippen LogP contribution in [0.15, 0.2) is 23.3 Å². The summed E-state index contributed by atoms with van der Waals surface area (Å²) in [5.74, 6) is -0.716. The fourth-order valence-electron chi connectivity index (χ4n) is 2.84. The number of carbonyl (C=O) groups is 2. The molecule has 0 aromatic carbocycles. The number of nitrogens with zero attached hydrogens (tertiary/aromatic N) is 1. The van der Waals surface area contributed by atoms with Crippen LogP contribution in [0, 0.1) is 5.92 Å². The van der Waals surface area contributed by atoms with E-state index in [1.54, 1.807) is 16.7 Å². The van der Waals surface area contributed by atoms with Crippen LogP contribution >= 0.6 is 34.4 Å². The molecule has 1 amide bonds. The van der Waals surface area contributed by atoms with Gasteiger partial charge in [-0.3, -0.25) is 9.69 Å². The zero-order chi connectivity index (χ0) is 19.9. The third-order valence-corrected chi connectivity index (χ3v) is 12.5. The molecular weight excluding hydrogens is 481 g/mol. The Labute approximate surface area is 175 Å². The Hall–Kier alpha value is -0.323. The highest BCUT2D eigenvalue weighted by atomic mass is 127. The zero-order valence-corrected chi connectivity index (χ0v) is 20.3. The van der Waals surface area contributed by atoms with Gasteiger partial charge in [0.25, 0.3) is 0 Å². The van der Waals surface area contributed by atoms with Gasteiger partial charge in [0.1, 0.15) is 17.7 Å². The van der Waals surface area contributed by atoms with E-state index in [0.717, 1.165) is 4.91 Å². The van der Waals surface area contributed by atoms with Gasteiger partial charge < -0.3 is 9.16 Å². The molecule has 2 aliphatic heterocycles. The molecule has 2 rings (SSSR count). The Kier molecular flexibility index (Phi) is 6.73. The van der Waals surface area contributed by atoms with Gasteiger partial charge in [-0.05, 0) is 25.1 Å². The fourth-order valence-corrected chi connectivity index (χ4v) is 6.62. The first-order chi connectivity index (χ1) is 12.0. The maximum Gasteiger partial charge on any atom is 0.356 e. The van der Waals surface area contributed by atoms with Crippen molar-refractivity contribution in [2.24, 2.45) is 5.92 Å². The number of amides is 1. The Morgan fingerprint density at radius 1 is 1.46 bits per heavy atom. The van der Waals surface area contributed by atoms with Crippen LogP contribution in [-0.2, 0) is 18.8 Å². The number of allylic oxidation sites excluding steroid dienone is 1. The third kappa shape index (κ3) is 3.93. The van der Waals surface area contributed by atoms with E-state index in [1.165, 1.54) is 6.08 Å². The average Bonchev–Trinajstić information content (AvgIpc) is 2.85. The molecule has 8 heteroatoms. The predicted molar refractivity (Wildman–Crippen MR) is 117 cm³/mol. The van der Waals surface area contributed by atoms with Crippen LogP contribution < -0.4 is 0 Å². The van der Waals surface area contributed by atoms with E-state index in [2.05, 4.69) is 63.0 Å². The second-order valence-electron chi connectivity index (χ2n) is 8.12. The first kappa shape index (κ1) is 22.0. The van der Waals surface area contributed by atoms with Crippen molar-refractivity contribution >= 4 is 54.5 Å². The number of rotatable bonds is 7. The molecule has 0 spiro atoms. The Balaban J connectivity index is 2.14. The summed E-state index contributed by atoms with van der Waals surface area (Å²) in [6, 6.07) is 0. The van der Waals surface area contributed by atoms with E-state index in [4.69, 9.17) is 9.16 Å². The van der Waals surface area contributed by atoms with Crippen molar-refractivity contribution in [3.8, 4) is 0 Å². The van der Waals surface area contributed by atoms with Gasteiger partial charge in [0, 0.05) is 9.33 Å². The molecule has 1 saturated heterocycles. The topological polar surface area (TPSA) is 55.8 Å². The summed E-state index contributed by atoms with van der Waals surface area (Å²) >= 11 is 3.81. The number of carbonyl (C=O) groups excluding carboxylic acids is 2. The second kappa shape index (κ2) is 7.96. The number of fused-ring (bicyclic) bond motifs is 1. The van der Waals surface area contributed by atoms with Gasteiger partial charge in [-0.1, -0.05) is 56.0 Å². The van der Waals surface area contributed by atoms with Crippen molar-refractivity contribution in [1.82, 2.24) is 4.90 Å². The maximum atomic E-state index is 12.9. The first-order valence-electron chi connectivity index (χ1n) is 8.71. The van der Waals surface area contributed by atoms with Gasteiger partial charge in [-0.2, -0.15) is 0 Å². The average molecular weight is 509 g/mol. The molecule has 0 bridgehead atoms. The molecule has 0 aliphatic carbocycles. The Morgan fingerprint density at radius 3 is 2.58 bits per heavy atom. The van der Waals surface area contributed by atoms with E-state index < -0.39 is 14.3 Å². The number of alkyl halides is 1. The fraction of sp³-hybridized carbons (Fsp3) is 0.667. The number of hydrogen-bond donors (Lipinski definition) is 0. The molecule has 0 aromatic rings. The van der Waals surface area contributed by atoms with Crippen molar-refractivity contribution in [2.45, 2.75) is 57.3 Å². The van der Waals surface area contributed by atoms with Gasteiger partial charge in [0.2, 0.25) is 5.91 Å². The summed E-state index contributed by atoms with van der Waals surface area (Å²) in [6.07, 6.45) is 1.36. The number of β-lactam (4-membered cyclic amide) rings is 1. The van der Waals surface area contributed by atoms with Crippen LogP contribution in [0.3, 0.4) is 0 Å². The number of thioether (sulfide) groups is 1. The molecule has 5 nitrogen and oxygen atoms in total. The summed E-state index contributed by atoms with van der Waals surface area (Å²) < 4.78 is 12.3. The lowest BCUT2D eigenvalue weighted by Crippen LogP contribution is -2.62. The van der Waals surface area contributed by atoms with Crippen molar-refractivity contribution in [1.29, 1.82) is 0 Å². The van der Waals surface area contributed by atoms with E-state index >= 15 is 0 Å². The highest BCUT2D eigenvalue weighted by Crippen LogP contribution is 2.52. The summed E-state index contributed by atoms with van der Waals surface area (Å²) in [5.41, 5.74) is 0.400. The molecule has 2 aliphatic rings. The van der Waals surface area contributed by atoms with Gasteiger partial charge in [0.15, 0.2) is 8.32 Å².